The predicted octanol–water partition coefficient (Wildman–Crippen LogP) is 4.18. The van der Waals surface area contributed by atoms with E-state index in [4.69, 9.17) is 0 Å². The smallest absolute Gasteiger partial charge is 0.240 e. The molecule has 1 aromatic heterocycles. The van der Waals surface area contributed by atoms with E-state index in [0.29, 0.717) is 5.69 Å². The third kappa shape index (κ3) is 1.95. The molecule has 0 unspecified atom stereocenters. The Kier molecular flexibility index (Phi) is 3.67. The van der Waals surface area contributed by atoms with Crippen molar-refractivity contribution in [2.24, 2.45) is 16.2 Å². The summed E-state index contributed by atoms with van der Waals surface area (Å²) >= 11 is 0. The number of piperidine rings is 1. The highest BCUT2D eigenvalue weighted by Crippen LogP contribution is 2.64. The molecule has 3 rings (SSSR count). The number of hydrogen-bond donors (Lipinski definition) is 0. The SMILES string of the molecule is Cc1cc(C)c(N2C(=O)C(C)(C)C3(CCCC3)C(C)(C)C2=O)cn1. The molecule has 0 N–H and O–H groups in total. The van der Waals surface area contributed by atoms with Crippen molar-refractivity contribution >= 4 is 17.5 Å². The molecule has 1 spiro atoms. The third-order valence-electron chi connectivity index (χ3n) is 6.79. The maximum atomic E-state index is 13.4. The Labute approximate surface area is 144 Å². The number of aromatic nitrogens is 1. The summed E-state index contributed by atoms with van der Waals surface area (Å²) in [5.74, 6) is -0.162. The van der Waals surface area contributed by atoms with Gasteiger partial charge >= 0.3 is 0 Å². The van der Waals surface area contributed by atoms with Crippen LogP contribution in [0.5, 0.6) is 0 Å². The number of aryl methyl sites for hydroxylation is 2. The summed E-state index contributed by atoms with van der Waals surface area (Å²) in [6.07, 6.45) is 5.75. The van der Waals surface area contributed by atoms with Crippen molar-refractivity contribution in [1.29, 1.82) is 0 Å². The first kappa shape index (κ1) is 17.1. The van der Waals surface area contributed by atoms with E-state index in [1.807, 2.05) is 47.6 Å². The molecule has 0 atom stereocenters. The summed E-state index contributed by atoms with van der Waals surface area (Å²) in [6, 6.07) is 1.93. The van der Waals surface area contributed by atoms with Crippen molar-refractivity contribution < 1.29 is 9.59 Å². The molecule has 1 aliphatic heterocycles. The zero-order valence-electron chi connectivity index (χ0n) is 15.7. The lowest BCUT2D eigenvalue weighted by Crippen LogP contribution is -2.67. The van der Waals surface area contributed by atoms with Crippen molar-refractivity contribution in [2.45, 2.75) is 67.2 Å². The monoisotopic (exact) mass is 328 g/mol. The van der Waals surface area contributed by atoms with Gasteiger partial charge in [-0.2, -0.15) is 0 Å². The van der Waals surface area contributed by atoms with Gasteiger partial charge in [0, 0.05) is 5.69 Å². The minimum Gasteiger partial charge on any atom is -0.273 e. The Balaban J connectivity index is 2.18. The van der Waals surface area contributed by atoms with Gasteiger partial charge in [-0.25, -0.2) is 4.90 Å². The summed E-state index contributed by atoms with van der Waals surface area (Å²) in [6.45, 7) is 12.0. The Bertz CT molecular complexity index is 682. The van der Waals surface area contributed by atoms with E-state index < -0.39 is 10.8 Å². The first-order valence-electron chi connectivity index (χ1n) is 8.88. The summed E-state index contributed by atoms with van der Waals surface area (Å²) < 4.78 is 0. The molecule has 2 heterocycles. The van der Waals surface area contributed by atoms with Crippen molar-refractivity contribution in [2.75, 3.05) is 4.90 Å². The summed E-state index contributed by atoms with van der Waals surface area (Å²) in [4.78, 5) is 32.6. The Morgan fingerprint density at radius 1 is 0.958 bits per heavy atom. The largest absolute Gasteiger partial charge is 0.273 e. The molecule has 2 fully saturated rings. The molecule has 0 aromatic carbocycles. The number of pyridine rings is 1. The highest BCUT2D eigenvalue weighted by molar-refractivity contribution is 6.21. The molecule has 1 aliphatic carbocycles. The molecule has 1 saturated carbocycles. The average Bonchev–Trinajstić information content (AvgIpc) is 3.00. The van der Waals surface area contributed by atoms with Crippen LogP contribution in [0.2, 0.25) is 0 Å². The fourth-order valence-electron chi connectivity index (χ4n) is 5.21. The van der Waals surface area contributed by atoms with Crippen LogP contribution in [0.15, 0.2) is 12.3 Å². The van der Waals surface area contributed by atoms with Gasteiger partial charge < -0.3 is 0 Å². The standard InChI is InChI=1S/C20H28N2O2/c1-13-11-14(2)21-12-15(13)22-16(23)18(3,4)20(9-7-8-10-20)19(5,6)17(22)24/h11-12H,7-10H2,1-6H3. The fraction of sp³-hybridized carbons (Fsp3) is 0.650. The van der Waals surface area contributed by atoms with E-state index in [0.717, 1.165) is 36.9 Å². The number of carbonyl (C=O) groups excluding carboxylic acids is 2. The number of rotatable bonds is 1. The van der Waals surface area contributed by atoms with E-state index >= 15 is 0 Å². The van der Waals surface area contributed by atoms with E-state index in [1.54, 1.807) is 6.20 Å². The minimum absolute atomic E-state index is 0.0810. The molecule has 24 heavy (non-hydrogen) atoms. The van der Waals surface area contributed by atoms with Crippen molar-refractivity contribution in [3.05, 3.63) is 23.5 Å². The van der Waals surface area contributed by atoms with E-state index in [1.165, 1.54) is 4.90 Å². The molecule has 130 valence electrons. The van der Waals surface area contributed by atoms with Gasteiger partial charge in [0.25, 0.3) is 0 Å². The van der Waals surface area contributed by atoms with Crippen molar-refractivity contribution in [1.82, 2.24) is 4.98 Å². The van der Waals surface area contributed by atoms with Gasteiger partial charge in [0.1, 0.15) is 0 Å². The number of imide groups is 1. The van der Waals surface area contributed by atoms with Crippen molar-refractivity contribution in [3.8, 4) is 0 Å². The lowest BCUT2D eigenvalue weighted by molar-refractivity contribution is -0.164. The number of amides is 2. The number of nitrogens with zero attached hydrogens (tertiary/aromatic N) is 2. The van der Waals surface area contributed by atoms with E-state index in [9.17, 15) is 9.59 Å². The van der Waals surface area contributed by atoms with Gasteiger partial charge in [-0.15, -0.1) is 0 Å². The lowest BCUT2D eigenvalue weighted by Gasteiger charge is -2.58. The Morgan fingerprint density at radius 3 is 1.92 bits per heavy atom. The minimum atomic E-state index is -0.571. The molecule has 2 amide bonds. The second-order valence-electron chi connectivity index (χ2n) is 8.60. The topological polar surface area (TPSA) is 50.3 Å². The molecular formula is C20H28N2O2. The fourth-order valence-corrected chi connectivity index (χ4v) is 5.21. The molecular weight excluding hydrogens is 300 g/mol. The highest BCUT2D eigenvalue weighted by Gasteiger charge is 2.67. The number of anilines is 1. The van der Waals surface area contributed by atoms with Gasteiger partial charge in [-0.1, -0.05) is 40.5 Å². The van der Waals surface area contributed by atoms with Crippen LogP contribution in [0.3, 0.4) is 0 Å². The van der Waals surface area contributed by atoms with Crippen LogP contribution in [0.1, 0.15) is 64.6 Å². The quantitative estimate of drug-likeness (QED) is 0.727. The molecule has 0 bridgehead atoms. The molecule has 1 saturated heterocycles. The van der Waals surface area contributed by atoms with Gasteiger partial charge in [0.05, 0.1) is 22.7 Å². The first-order chi connectivity index (χ1) is 11.1. The van der Waals surface area contributed by atoms with Crippen LogP contribution in [0, 0.1) is 30.1 Å². The average molecular weight is 328 g/mol. The van der Waals surface area contributed by atoms with Crippen molar-refractivity contribution in [3.63, 3.8) is 0 Å². The number of hydrogen-bond acceptors (Lipinski definition) is 3. The Hall–Kier alpha value is -1.71. The first-order valence-corrected chi connectivity index (χ1v) is 8.88. The van der Waals surface area contributed by atoms with Gasteiger partial charge in [-0.3, -0.25) is 14.6 Å². The van der Waals surface area contributed by atoms with Crippen LogP contribution in [-0.4, -0.2) is 16.8 Å². The van der Waals surface area contributed by atoms with E-state index in [-0.39, 0.29) is 17.2 Å². The zero-order valence-corrected chi connectivity index (χ0v) is 15.7. The molecule has 2 aliphatic rings. The maximum absolute atomic E-state index is 13.4. The zero-order chi connectivity index (χ0) is 17.9. The lowest BCUT2D eigenvalue weighted by atomic mass is 9.49. The normalized spacial score (nSPS) is 24.7. The molecule has 1 aromatic rings. The van der Waals surface area contributed by atoms with Gasteiger partial charge in [-0.05, 0) is 43.7 Å². The van der Waals surface area contributed by atoms with Crippen LogP contribution >= 0.6 is 0 Å². The number of carbonyl (C=O) groups is 2. The molecule has 4 nitrogen and oxygen atoms in total. The molecule has 0 radical (unpaired) electrons. The van der Waals surface area contributed by atoms with Gasteiger partial charge in [0.15, 0.2) is 0 Å². The highest BCUT2D eigenvalue weighted by atomic mass is 16.2. The van der Waals surface area contributed by atoms with E-state index in [2.05, 4.69) is 4.98 Å². The van der Waals surface area contributed by atoms with Gasteiger partial charge in [0.2, 0.25) is 11.8 Å². The Morgan fingerprint density at radius 2 is 1.46 bits per heavy atom. The molecule has 4 heteroatoms. The van der Waals surface area contributed by atoms with Crippen LogP contribution in [0.4, 0.5) is 5.69 Å². The predicted molar refractivity (Wildman–Crippen MR) is 94.7 cm³/mol. The second kappa shape index (κ2) is 5.14. The second-order valence-corrected chi connectivity index (χ2v) is 8.60. The van der Waals surface area contributed by atoms with Crippen LogP contribution in [-0.2, 0) is 9.59 Å². The summed E-state index contributed by atoms with van der Waals surface area (Å²) in [5.41, 5.74) is 1.04. The summed E-state index contributed by atoms with van der Waals surface area (Å²) in [7, 11) is 0. The third-order valence-corrected chi connectivity index (χ3v) is 6.79. The van der Waals surface area contributed by atoms with Crippen LogP contribution < -0.4 is 4.90 Å². The maximum Gasteiger partial charge on any atom is 0.240 e. The van der Waals surface area contributed by atoms with Crippen LogP contribution in [0.25, 0.3) is 0 Å². The summed E-state index contributed by atoms with van der Waals surface area (Å²) in [5, 5.41) is 0.